The standard InChI is InChI=1S/C23H35FN4O4S/c1-3-5-18(2)25-23(30)19-6-4-11-26(16-19)17-22(29)27-12-14-28(15-13-27)33(31,32)21-9-7-20(24)8-10-21/h7-10,18-19H,3-6,11-17H2,1-2H3,(H,25,30). The zero-order valence-electron chi connectivity index (χ0n) is 19.5. The Kier molecular flexibility index (Phi) is 8.83. The number of likely N-dealkylation sites (tertiary alicyclic amines) is 1. The lowest BCUT2D eigenvalue weighted by Gasteiger charge is -2.37. The first-order chi connectivity index (χ1) is 15.7. The van der Waals surface area contributed by atoms with Crippen LogP contribution in [0.15, 0.2) is 29.2 Å². The lowest BCUT2D eigenvalue weighted by molar-refractivity contribution is -0.135. The van der Waals surface area contributed by atoms with Gasteiger partial charge in [0.15, 0.2) is 0 Å². The summed E-state index contributed by atoms with van der Waals surface area (Å²) >= 11 is 0. The molecule has 2 heterocycles. The van der Waals surface area contributed by atoms with Crippen molar-refractivity contribution in [2.24, 2.45) is 5.92 Å². The van der Waals surface area contributed by atoms with E-state index in [1.807, 2.05) is 11.8 Å². The minimum absolute atomic E-state index is 0.0470. The van der Waals surface area contributed by atoms with E-state index in [1.54, 1.807) is 4.90 Å². The van der Waals surface area contributed by atoms with E-state index in [9.17, 15) is 22.4 Å². The SMILES string of the molecule is CCCC(C)NC(=O)C1CCCN(CC(=O)N2CCN(S(=O)(=O)c3ccc(F)cc3)CC2)C1. The molecule has 10 heteroatoms. The van der Waals surface area contributed by atoms with Crippen molar-refractivity contribution in [3.05, 3.63) is 30.1 Å². The number of sulfonamides is 1. The Morgan fingerprint density at radius 1 is 1.12 bits per heavy atom. The molecular formula is C23H35FN4O4S. The Bertz CT molecular complexity index is 917. The average Bonchev–Trinajstić information content (AvgIpc) is 2.79. The van der Waals surface area contributed by atoms with Gasteiger partial charge in [-0.05, 0) is 57.0 Å². The van der Waals surface area contributed by atoms with Crippen LogP contribution in [0.4, 0.5) is 4.39 Å². The number of nitrogens with one attached hydrogen (secondary N) is 1. The first kappa shape index (κ1) is 25.6. The zero-order valence-corrected chi connectivity index (χ0v) is 20.3. The highest BCUT2D eigenvalue weighted by Crippen LogP contribution is 2.20. The second kappa shape index (κ2) is 11.4. The summed E-state index contributed by atoms with van der Waals surface area (Å²) in [7, 11) is -3.71. The summed E-state index contributed by atoms with van der Waals surface area (Å²) in [4.78, 5) is 29.2. The van der Waals surface area contributed by atoms with Gasteiger partial charge in [-0.2, -0.15) is 4.31 Å². The second-order valence-electron chi connectivity index (χ2n) is 9.01. The molecule has 0 aromatic heterocycles. The molecule has 3 rings (SSSR count). The molecule has 2 fully saturated rings. The van der Waals surface area contributed by atoms with Gasteiger partial charge in [0.2, 0.25) is 21.8 Å². The van der Waals surface area contributed by atoms with E-state index in [2.05, 4.69) is 12.2 Å². The first-order valence-corrected chi connectivity index (χ1v) is 13.2. The Morgan fingerprint density at radius 2 is 1.79 bits per heavy atom. The fourth-order valence-electron chi connectivity index (χ4n) is 4.50. The number of rotatable bonds is 8. The van der Waals surface area contributed by atoms with Crippen LogP contribution in [-0.2, 0) is 19.6 Å². The van der Waals surface area contributed by atoms with Gasteiger partial charge in [0.1, 0.15) is 5.82 Å². The zero-order chi connectivity index (χ0) is 24.0. The molecule has 2 aliphatic rings. The summed E-state index contributed by atoms with van der Waals surface area (Å²) < 4.78 is 40.0. The fraction of sp³-hybridized carbons (Fsp3) is 0.652. The number of amides is 2. The smallest absolute Gasteiger partial charge is 0.243 e. The van der Waals surface area contributed by atoms with Crippen LogP contribution in [0, 0.1) is 11.7 Å². The van der Waals surface area contributed by atoms with E-state index in [1.165, 1.54) is 16.4 Å². The molecule has 184 valence electrons. The average molecular weight is 483 g/mol. The summed E-state index contributed by atoms with van der Waals surface area (Å²) in [6, 6.07) is 4.93. The van der Waals surface area contributed by atoms with Crippen molar-refractivity contribution >= 4 is 21.8 Å². The summed E-state index contributed by atoms with van der Waals surface area (Å²) in [5.41, 5.74) is 0. The van der Waals surface area contributed by atoms with Crippen LogP contribution >= 0.6 is 0 Å². The maximum absolute atomic E-state index is 13.1. The number of benzene rings is 1. The third-order valence-corrected chi connectivity index (χ3v) is 8.30. The number of halogens is 1. The Hall–Kier alpha value is -2.04. The van der Waals surface area contributed by atoms with Crippen molar-refractivity contribution in [2.45, 2.75) is 50.5 Å². The molecule has 0 aliphatic carbocycles. The third kappa shape index (κ3) is 6.74. The van der Waals surface area contributed by atoms with E-state index in [0.29, 0.717) is 19.6 Å². The maximum Gasteiger partial charge on any atom is 0.243 e. The molecule has 2 atom stereocenters. The van der Waals surface area contributed by atoms with Gasteiger partial charge >= 0.3 is 0 Å². The van der Waals surface area contributed by atoms with Gasteiger partial charge in [-0.3, -0.25) is 14.5 Å². The molecule has 0 saturated carbocycles. The van der Waals surface area contributed by atoms with Crippen molar-refractivity contribution < 1.29 is 22.4 Å². The summed E-state index contributed by atoms with van der Waals surface area (Å²) in [5.74, 6) is -0.581. The van der Waals surface area contributed by atoms with E-state index in [4.69, 9.17) is 0 Å². The van der Waals surface area contributed by atoms with Crippen molar-refractivity contribution in [3.63, 3.8) is 0 Å². The molecule has 2 saturated heterocycles. The monoisotopic (exact) mass is 482 g/mol. The van der Waals surface area contributed by atoms with Gasteiger partial charge in [-0.1, -0.05) is 13.3 Å². The van der Waals surface area contributed by atoms with Crippen LogP contribution in [0.5, 0.6) is 0 Å². The van der Waals surface area contributed by atoms with Crippen LogP contribution in [0.2, 0.25) is 0 Å². The van der Waals surface area contributed by atoms with Gasteiger partial charge in [0.05, 0.1) is 17.4 Å². The van der Waals surface area contributed by atoms with E-state index in [0.717, 1.165) is 44.4 Å². The number of nitrogens with zero attached hydrogens (tertiary/aromatic N) is 3. The minimum atomic E-state index is -3.71. The highest BCUT2D eigenvalue weighted by Gasteiger charge is 2.32. The molecule has 2 unspecified atom stereocenters. The van der Waals surface area contributed by atoms with Crippen LogP contribution in [0.1, 0.15) is 39.5 Å². The molecular weight excluding hydrogens is 447 g/mol. The third-order valence-electron chi connectivity index (χ3n) is 6.39. The van der Waals surface area contributed by atoms with Crippen molar-refractivity contribution in [3.8, 4) is 0 Å². The summed E-state index contributed by atoms with van der Waals surface area (Å²) in [5, 5.41) is 3.08. The molecule has 1 aromatic carbocycles. The minimum Gasteiger partial charge on any atom is -0.353 e. The number of carbonyl (C=O) groups excluding carboxylic acids is 2. The molecule has 1 aromatic rings. The maximum atomic E-state index is 13.1. The topological polar surface area (TPSA) is 90.0 Å². The highest BCUT2D eigenvalue weighted by molar-refractivity contribution is 7.89. The fourth-order valence-corrected chi connectivity index (χ4v) is 5.93. The highest BCUT2D eigenvalue weighted by atomic mass is 32.2. The van der Waals surface area contributed by atoms with Gasteiger partial charge in [0, 0.05) is 38.8 Å². The van der Waals surface area contributed by atoms with Crippen LogP contribution in [0.3, 0.4) is 0 Å². The number of piperidine rings is 1. The Morgan fingerprint density at radius 3 is 2.42 bits per heavy atom. The quantitative estimate of drug-likeness (QED) is 0.609. The number of carbonyl (C=O) groups is 2. The molecule has 0 bridgehead atoms. The van der Waals surface area contributed by atoms with Gasteiger partial charge in [0.25, 0.3) is 0 Å². The summed E-state index contributed by atoms with van der Waals surface area (Å²) in [6.45, 7) is 6.71. The van der Waals surface area contributed by atoms with Crippen molar-refractivity contribution in [2.75, 3.05) is 45.8 Å². The molecule has 2 amide bonds. The molecule has 8 nitrogen and oxygen atoms in total. The number of piperazine rings is 1. The summed E-state index contributed by atoms with van der Waals surface area (Å²) in [6.07, 6.45) is 3.67. The van der Waals surface area contributed by atoms with E-state index < -0.39 is 15.8 Å². The van der Waals surface area contributed by atoms with Crippen molar-refractivity contribution in [1.82, 2.24) is 19.4 Å². The van der Waals surface area contributed by atoms with Crippen molar-refractivity contribution in [1.29, 1.82) is 0 Å². The first-order valence-electron chi connectivity index (χ1n) is 11.8. The van der Waals surface area contributed by atoms with Gasteiger partial charge in [-0.15, -0.1) is 0 Å². The normalized spacial score (nSPS) is 21.5. The molecule has 2 aliphatic heterocycles. The number of hydrogen-bond donors (Lipinski definition) is 1. The van der Waals surface area contributed by atoms with Gasteiger partial charge in [-0.25, -0.2) is 12.8 Å². The largest absolute Gasteiger partial charge is 0.353 e. The molecule has 1 N–H and O–H groups in total. The second-order valence-corrected chi connectivity index (χ2v) is 10.9. The predicted molar refractivity (Wildman–Crippen MR) is 123 cm³/mol. The van der Waals surface area contributed by atoms with E-state index >= 15 is 0 Å². The molecule has 0 spiro atoms. The van der Waals surface area contributed by atoms with E-state index in [-0.39, 0.29) is 48.3 Å². The predicted octanol–water partition coefficient (Wildman–Crippen LogP) is 1.68. The van der Waals surface area contributed by atoms with Gasteiger partial charge < -0.3 is 10.2 Å². The Balaban J connectivity index is 1.48. The van der Waals surface area contributed by atoms with Crippen LogP contribution < -0.4 is 5.32 Å². The lowest BCUT2D eigenvalue weighted by Crippen LogP contribution is -2.53. The lowest BCUT2D eigenvalue weighted by atomic mass is 9.96. The molecule has 33 heavy (non-hydrogen) atoms. The number of hydrogen-bond acceptors (Lipinski definition) is 5. The van der Waals surface area contributed by atoms with Crippen LogP contribution in [-0.4, -0.2) is 86.2 Å². The molecule has 0 radical (unpaired) electrons. The van der Waals surface area contributed by atoms with Crippen LogP contribution in [0.25, 0.3) is 0 Å². The Labute approximate surface area is 196 Å².